The molecule has 0 amide bonds. The van der Waals surface area contributed by atoms with E-state index >= 15 is 0 Å². The van der Waals surface area contributed by atoms with Gasteiger partial charge in [-0.25, -0.2) is 4.98 Å². The van der Waals surface area contributed by atoms with Gasteiger partial charge in [0, 0.05) is 43.0 Å². The van der Waals surface area contributed by atoms with Gasteiger partial charge in [0.15, 0.2) is 0 Å². The number of hydrogen-bond donors (Lipinski definition) is 1. The van der Waals surface area contributed by atoms with E-state index in [1.807, 2.05) is 25.5 Å². The Labute approximate surface area is 140 Å². The van der Waals surface area contributed by atoms with Gasteiger partial charge in [-0.05, 0) is 45.1 Å². The molecule has 0 aliphatic carbocycles. The van der Waals surface area contributed by atoms with Crippen molar-refractivity contribution in [3.05, 3.63) is 48.3 Å². The lowest BCUT2D eigenvalue weighted by Gasteiger charge is -2.09. The van der Waals surface area contributed by atoms with E-state index in [4.69, 9.17) is 5.73 Å². The topological polar surface area (TPSA) is 56.2 Å². The molecule has 4 nitrogen and oxygen atoms in total. The molecule has 0 saturated heterocycles. The lowest BCUT2D eigenvalue weighted by molar-refractivity contribution is 0.740. The molecule has 23 heavy (non-hydrogen) atoms. The summed E-state index contributed by atoms with van der Waals surface area (Å²) in [6, 6.07) is 0. The van der Waals surface area contributed by atoms with Crippen LogP contribution in [-0.2, 0) is 6.54 Å². The fourth-order valence-corrected chi connectivity index (χ4v) is 2.35. The van der Waals surface area contributed by atoms with Gasteiger partial charge < -0.3 is 10.3 Å². The van der Waals surface area contributed by atoms with Crippen molar-refractivity contribution in [2.75, 3.05) is 0 Å². The Balaban J connectivity index is 2.68. The summed E-state index contributed by atoms with van der Waals surface area (Å²) in [7, 11) is 0. The number of aromatic nitrogens is 2. The van der Waals surface area contributed by atoms with Crippen LogP contribution >= 0.6 is 0 Å². The predicted molar refractivity (Wildman–Crippen MR) is 100 cm³/mol. The van der Waals surface area contributed by atoms with Gasteiger partial charge in [0.2, 0.25) is 0 Å². The molecule has 1 heterocycles. The smallest absolute Gasteiger partial charge is 0.135 e. The third-order valence-electron chi connectivity index (χ3n) is 3.69. The van der Waals surface area contributed by atoms with Crippen LogP contribution in [0.3, 0.4) is 0 Å². The van der Waals surface area contributed by atoms with Gasteiger partial charge in [0.25, 0.3) is 0 Å². The second kappa shape index (κ2) is 10.6. The molecular weight excluding hydrogens is 284 g/mol. The molecule has 0 spiro atoms. The molecule has 0 unspecified atom stereocenters. The van der Waals surface area contributed by atoms with Crippen LogP contribution in [0.25, 0.3) is 5.57 Å². The summed E-state index contributed by atoms with van der Waals surface area (Å²) in [5, 5.41) is 0. The largest absolute Gasteiger partial charge is 0.402 e. The first-order valence-electron chi connectivity index (χ1n) is 8.43. The van der Waals surface area contributed by atoms with Crippen molar-refractivity contribution in [1.82, 2.24) is 9.55 Å². The Kier molecular flexibility index (Phi) is 8.73. The minimum atomic E-state index is 0.680. The highest BCUT2D eigenvalue weighted by Crippen LogP contribution is 2.20. The van der Waals surface area contributed by atoms with Gasteiger partial charge in [0.1, 0.15) is 5.82 Å². The minimum Gasteiger partial charge on any atom is -0.402 e. The maximum absolute atomic E-state index is 5.71. The zero-order chi connectivity index (χ0) is 17.1. The molecule has 0 radical (unpaired) electrons. The first-order chi connectivity index (χ1) is 11.1. The quantitative estimate of drug-likeness (QED) is 0.502. The lowest BCUT2D eigenvalue weighted by Crippen LogP contribution is -2.01. The van der Waals surface area contributed by atoms with Gasteiger partial charge in [-0.2, -0.15) is 0 Å². The molecule has 0 fully saturated rings. The Morgan fingerprint density at radius 2 is 2.22 bits per heavy atom. The molecule has 0 aromatic carbocycles. The van der Waals surface area contributed by atoms with E-state index in [2.05, 4.69) is 47.1 Å². The zero-order valence-corrected chi connectivity index (χ0v) is 14.8. The summed E-state index contributed by atoms with van der Waals surface area (Å²) in [5.74, 6) is 1.04. The molecule has 0 aliphatic rings. The number of aryl methyl sites for hydroxylation is 1. The highest BCUT2D eigenvalue weighted by molar-refractivity contribution is 5.62. The fourth-order valence-electron chi connectivity index (χ4n) is 2.35. The first kappa shape index (κ1) is 18.9. The van der Waals surface area contributed by atoms with Gasteiger partial charge in [-0.15, -0.1) is 0 Å². The molecule has 0 saturated carbocycles. The monoisotopic (exact) mass is 314 g/mol. The fraction of sp³-hybridized carbons (Fsp3) is 0.474. The number of aliphatic imine (C=N–C) groups is 1. The van der Waals surface area contributed by atoms with Crippen LogP contribution in [0.1, 0.15) is 58.7 Å². The number of nitrogens with two attached hydrogens (primary N) is 1. The van der Waals surface area contributed by atoms with Crippen molar-refractivity contribution in [3.8, 4) is 0 Å². The van der Waals surface area contributed by atoms with E-state index in [1.54, 1.807) is 0 Å². The van der Waals surface area contributed by atoms with Crippen LogP contribution in [-0.4, -0.2) is 15.8 Å². The summed E-state index contributed by atoms with van der Waals surface area (Å²) in [4.78, 5) is 8.99. The number of rotatable bonds is 10. The van der Waals surface area contributed by atoms with Crippen LogP contribution in [0.2, 0.25) is 0 Å². The van der Waals surface area contributed by atoms with Crippen LogP contribution in [0, 0.1) is 0 Å². The summed E-state index contributed by atoms with van der Waals surface area (Å²) in [5.41, 5.74) is 8.77. The van der Waals surface area contributed by atoms with Crippen molar-refractivity contribution in [2.45, 2.75) is 59.4 Å². The van der Waals surface area contributed by atoms with Crippen LogP contribution in [0.4, 0.5) is 0 Å². The van der Waals surface area contributed by atoms with Crippen molar-refractivity contribution in [1.29, 1.82) is 0 Å². The van der Waals surface area contributed by atoms with E-state index in [9.17, 15) is 0 Å². The van der Waals surface area contributed by atoms with Crippen molar-refractivity contribution in [2.24, 2.45) is 10.7 Å². The average Bonchev–Trinajstić information content (AvgIpc) is 3.02. The molecule has 0 atom stereocenters. The SMILES string of the molecule is C=C(N)C/C=C(/CCC/C=N\C(=C/C)CC)c1nccn1CC. The Bertz CT molecular complexity index is 576. The second-order valence-electron chi connectivity index (χ2n) is 5.47. The highest BCUT2D eigenvalue weighted by Gasteiger charge is 2.07. The number of hydrogen-bond acceptors (Lipinski definition) is 3. The number of imidazole rings is 1. The zero-order valence-electron chi connectivity index (χ0n) is 14.8. The average molecular weight is 314 g/mol. The first-order valence-corrected chi connectivity index (χ1v) is 8.43. The third kappa shape index (κ3) is 6.68. The van der Waals surface area contributed by atoms with Gasteiger partial charge in [-0.1, -0.05) is 25.7 Å². The van der Waals surface area contributed by atoms with Gasteiger partial charge >= 0.3 is 0 Å². The summed E-state index contributed by atoms with van der Waals surface area (Å²) < 4.78 is 2.16. The van der Waals surface area contributed by atoms with E-state index in [0.29, 0.717) is 12.1 Å². The van der Waals surface area contributed by atoms with E-state index < -0.39 is 0 Å². The minimum absolute atomic E-state index is 0.680. The van der Waals surface area contributed by atoms with Crippen molar-refractivity contribution >= 4 is 11.8 Å². The van der Waals surface area contributed by atoms with E-state index in [1.165, 1.54) is 5.57 Å². The Hall–Kier alpha value is -2.10. The molecule has 1 aromatic heterocycles. The standard InChI is InChI=1S/C19H30N4/c1-5-18(6-2)21-13-9-8-10-17(12-11-16(4)20)19-22-14-15-23(19)7-3/h5,12-15H,4,6-11,20H2,1-3H3/b17-12-,18-5-,21-13-. The summed E-state index contributed by atoms with van der Waals surface area (Å²) in [6.45, 7) is 11.0. The maximum atomic E-state index is 5.71. The van der Waals surface area contributed by atoms with Crippen LogP contribution in [0.5, 0.6) is 0 Å². The van der Waals surface area contributed by atoms with Crippen LogP contribution in [0.15, 0.2) is 47.5 Å². The lowest BCUT2D eigenvalue weighted by atomic mass is 10.1. The van der Waals surface area contributed by atoms with E-state index in [0.717, 1.165) is 43.7 Å². The predicted octanol–water partition coefficient (Wildman–Crippen LogP) is 4.70. The van der Waals surface area contributed by atoms with Crippen molar-refractivity contribution in [3.63, 3.8) is 0 Å². The molecule has 0 bridgehead atoms. The van der Waals surface area contributed by atoms with Gasteiger partial charge in [0.05, 0.1) is 0 Å². The molecule has 0 aliphatic heterocycles. The third-order valence-corrected chi connectivity index (χ3v) is 3.69. The second-order valence-corrected chi connectivity index (χ2v) is 5.47. The number of nitrogens with zero attached hydrogens (tertiary/aromatic N) is 3. The number of unbranched alkanes of at least 4 members (excludes halogenated alkanes) is 1. The normalized spacial score (nSPS) is 13.0. The molecule has 2 N–H and O–H groups in total. The Morgan fingerprint density at radius 3 is 2.83 bits per heavy atom. The number of allylic oxidation sites excluding steroid dienone is 4. The molecular formula is C19H30N4. The molecule has 126 valence electrons. The van der Waals surface area contributed by atoms with Crippen LogP contribution < -0.4 is 5.73 Å². The maximum Gasteiger partial charge on any atom is 0.135 e. The Morgan fingerprint density at radius 1 is 1.43 bits per heavy atom. The molecule has 4 heteroatoms. The summed E-state index contributed by atoms with van der Waals surface area (Å²) in [6.07, 6.45) is 14.7. The van der Waals surface area contributed by atoms with Crippen molar-refractivity contribution < 1.29 is 0 Å². The molecule has 1 rings (SSSR count). The molecule has 1 aromatic rings. The highest BCUT2D eigenvalue weighted by atomic mass is 15.1. The summed E-state index contributed by atoms with van der Waals surface area (Å²) >= 11 is 0. The van der Waals surface area contributed by atoms with E-state index in [-0.39, 0.29) is 0 Å². The van der Waals surface area contributed by atoms with Gasteiger partial charge in [-0.3, -0.25) is 4.99 Å².